The molecular weight excluding hydrogens is 768 g/mol. The van der Waals surface area contributed by atoms with Gasteiger partial charge in [-0.2, -0.15) is 0 Å². The summed E-state index contributed by atoms with van der Waals surface area (Å²) in [6.45, 7) is 1.74. The van der Waals surface area contributed by atoms with Gasteiger partial charge in [-0.15, -0.1) is 5.10 Å². The Labute approximate surface area is 325 Å². The number of piperidine rings is 1. The Morgan fingerprint density at radius 3 is 2.47 bits per heavy atom. The number of ether oxygens (including phenoxy) is 6. The van der Waals surface area contributed by atoms with Crippen molar-refractivity contribution >= 4 is 46.2 Å². The average Bonchev–Trinajstić information content (AvgIpc) is 3.64. The molecule has 298 valence electrons. The largest absolute Gasteiger partial charge is 0.493 e. The Morgan fingerprint density at radius 1 is 0.948 bits per heavy atom. The van der Waals surface area contributed by atoms with Gasteiger partial charge in [0.15, 0.2) is 17.1 Å². The van der Waals surface area contributed by atoms with Gasteiger partial charge in [-0.05, 0) is 25.1 Å². The van der Waals surface area contributed by atoms with Crippen molar-refractivity contribution in [2.24, 2.45) is 0 Å². The number of hydrogen-bond acceptors (Lipinski definition) is 16. The van der Waals surface area contributed by atoms with E-state index in [9.17, 15) is 28.7 Å². The monoisotopic (exact) mass is 799 g/mol. The van der Waals surface area contributed by atoms with Gasteiger partial charge in [-0.3, -0.25) is 19.4 Å². The number of fused-ring (bicyclic) bond motifs is 4. The van der Waals surface area contributed by atoms with Crippen molar-refractivity contribution in [3.63, 3.8) is 0 Å². The van der Waals surface area contributed by atoms with Crippen LogP contribution in [0.1, 0.15) is 31.4 Å². The molecule has 8 rings (SSSR count). The highest BCUT2D eigenvalue weighted by Gasteiger charge is 2.50. The van der Waals surface area contributed by atoms with E-state index in [1.165, 1.54) is 59.5 Å². The fourth-order valence-corrected chi connectivity index (χ4v) is 6.39. The van der Waals surface area contributed by atoms with Crippen LogP contribution in [0.3, 0.4) is 0 Å². The van der Waals surface area contributed by atoms with Crippen molar-refractivity contribution in [1.29, 1.82) is 0 Å². The first-order valence-corrected chi connectivity index (χ1v) is 17.7. The first kappa shape index (κ1) is 37.7. The van der Waals surface area contributed by atoms with Gasteiger partial charge < -0.3 is 43.7 Å². The molecule has 3 aliphatic heterocycles. The number of benzene rings is 2. The third-order valence-corrected chi connectivity index (χ3v) is 9.44. The normalized spacial score (nSPS) is 19.7. The quantitative estimate of drug-likeness (QED) is 0.201. The van der Waals surface area contributed by atoms with Crippen LogP contribution < -0.4 is 19.5 Å². The van der Waals surface area contributed by atoms with E-state index < -0.39 is 71.7 Å². The molecule has 18 nitrogen and oxygen atoms in total. The van der Waals surface area contributed by atoms with Gasteiger partial charge >= 0.3 is 23.9 Å². The molecule has 1 unspecified atom stereocenters. The number of hydrogen-bond donors (Lipinski definition) is 2. The van der Waals surface area contributed by atoms with Gasteiger partial charge in [0.1, 0.15) is 35.6 Å². The Balaban J connectivity index is 0.949. The number of halogens is 2. The van der Waals surface area contributed by atoms with E-state index in [2.05, 4.69) is 25.4 Å². The Morgan fingerprint density at radius 2 is 1.72 bits per heavy atom. The van der Waals surface area contributed by atoms with E-state index in [1.807, 2.05) is 0 Å². The number of aryl methyl sites for hydroxylation is 1. The number of aliphatic hydroxyl groups is 1. The molecular formula is C38H31F2N7O11. The first-order chi connectivity index (χ1) is 27.8. The molecule has 58 heavy (non-hydrogen) atoms. The number of aromatic nitrogens is 5. The fourth-order valence-electron chi connectivity index (χ4n) is 6.39. The first-order valence-electron chi connectivity index (χ1n) is 17.7. The number of likely N-dealkylation sites (tertiary alicyclic amines) is 1. The van der Waals surface area contributed by atoms with Crippen LogP contribution in [0.5, 0.6) is 23.1 Å². The molecule has 5 aromatic rings. The third-order valence-electron chi connectivity index (χ3n) is 9.44. The summed E-state index contributed by atoms with van der Waals surface area (Å²) < 4.78 is 63.5. The standard InChI is InChI=1S/C38H31F2N7O11/c1-19-24(39)11-20(17-41-19)47-10-7-30(45-47)55-22-3-4-26(25(40)12-22)44-34-23-13-29(28(53-2)14-27(23)42-18-43-34)54-21-5-8-46(9-6-21)35(50)33-36-57-32(49)16-38(52,37(51)58-36)15-31(48)56-33/h3-4,7,10-14,17-18,21,52H,5-6,8-9,15-16H2,1-2H3,(H,42,43,44)/b36-33-. The molecule has 0 aliphatic carbocycles. The molecule has 2 fully saturated rings. The maximum atomic E-state index is 15.5. The van der Waals surface area contributed by atoms with Crippen molar-refractivity contribution < 1.29 is 61.5 Å². The molecule has 1 amide bonds. The molecule has 0 saturated carbocycles. The maximum Gasteiger partial charge on any atom is 0.347 e. The van der Waals surface area contributed by atoms with E-state index in [1.54, 1.807) is 25.3 Å². The predicted molar refractivity (Wildman–Crippen MR) is 192 cm³/mol. The van der Waals surface area contributed by atoms with Crippen LogP contribution in [-0.4, -0.2) is 90.5 Å². The summed E-state index contributed by atoms with van der Waals surface area (Å²) in [6, 6.07) is 10.3. The van der Waals surface area contributed by atoms with Gasteiger partial charge in [0, 0.05) is 61.8 Å². The average molecular weight is 800 g/mol. The number of anilines is 2. The minimum atomic E-state index is -2.48. The number of methoxy groups -OCH3 is 1. The number of nitrogens with one attached hydrogen (secondary N) is 1. The molecule has 0 radical (unpaired) electrons. The SMILES string of the molecule is COc1cc2ncnc(Nc3ccc(Oc4ccn(-c5cnc(C)c(F)c5)n4)cc3F)c2cc1OC1CCN(C(=O)/C2=C3\OC(=O)CC(O)(CC(=O)O2)C(=O)O3)CC1. The van der Waals surface area contributed by atoms with E-state index >= 15 is 4.39 Å². The molecule has 3 aromatic heterocycles. The van der Waals surface area contributed by atoms with Crippen molar-refractivity contribution in [2.45, 2.75) is 44.3 Å². The highest BCUT2D eigenvalue weighted by atomic mass is 19.1. The zero-order valence-electron chi connectivity index (χ0n) is 30.6. The number of carbonyl (C=O) groups is 4. The molecule has 0 spiro atoms. The minimum Gasteiger partial charge on any atom is -0.493 e. The zero-order chi connectivity index (χ0) is 40.7. The van der Waals surface area contributed by atoms with E-state index in [0.29, 0.717) is 40.9 Å². The van der Waals surface area contributed by atoms with Crippen molar-refractivity contribution in [2.75, 3.05) is 25.5 Å². The van der Waals surface area contributed by atoms with Gasteiger partial charge in [0.2, 0.25) is 5.88 Å². The van der Waals surface area contributed by atoms with Crippen LogP contribution in [0, 0.1) is 18.6 Å². The Bertz CT molecular complexity index is 2540. The van der Waals surface area contributed by atoms with Gasteiger partial charge in [-0.25, -0.2) is 28.2 Å². The van der Waals surface area contributed by atoms with Crippen LogP contribution in [-0.2, 0) is 33.4 Å². The second-order valence-corrected chi connectivity index (χ2v) is 13.4. The smallest absolute Gasteiger partial charge is 0.347 e. The lowest BCUT2D eigenvalue weighted by Crippen LogP contribution is -2.46. The molecule has 20 heteroatoms. The summed E-state index contributed by atoms with van der Waals surface area (Å²) in [7, 11) is 1.46. The van der Waals surface area contributed by atoms with Crippen molar-refractivity contribution in [3.8, 4) is 28.8 Å². The number of amides is 1. The molecule has 6 heterocycles. The lowest BCUT2D eigenvalue weighted by atomic mass is 9.96. The van der Waals surface area contributed by atoms with Crippen LogP contribution >= 0.6 is 0 Å². The summed E-state index contributed by atoms with van der Waals surface area (Å²) >= 11 is 0. The maximum absolute atomic E-state index is 15.5. The lowest BCUT2D eigenvalue weighted by molar-refractivity contribution is -0.173. The number of pyridine rings is 1. The van der Waals surface area contributed by atoms with Gasteiger partial charge in [0.05, 0.1) is 48.7 Å². The second kappa shape index (κ2) is 15.0. The molecule has 2 saturated heterocycles. The number of nitrogens with zero attached hydrogens (tertiary/aromatic N) is 6. The van der Waals surface area contributed by atoms with Crippen LogP contribution in [0.4, 0.5) is 20.3 Å². The van der Waals surface area contributed by atoms with Crippen LogP contribution in [0.25, 0.3) is 16.6 Å². The lowest BCUT2D eigenvalue weighted by Gasteiger charge is -2.33. The number of carbonyl (C=O) groups excluding carboxylic acids is 4. The number of cyclic esters (lactones) is 1. The summed E-state index contributed by atoms with van der Waals surface area (Å²) in [5.74, 6) is -6.04. The molecule has 1 atom stereocenters. The highest BCUT2D eigenvalue weighted by molar-refractivity contribution is 5.99. The number of esters is 3. The van der Waals surface area contributed by atoms with Crippen LogP contribution in [0.15, 0.2) is 72.9 Å². The summed E-state index contributed by atoms with van der Waals surface area (Å²) in [6.07, 6.45) is 2.70. The third kappa shape index (κ3) is 7.51. The Hall–Kier alpha value is -7.22. The Kier molecular flexibility index (Phi) is 9.77. The highest BCUT2D eigenvalue weighted by Crippen LogP contribution is 2.38. The van der Waals surface area contributed by atoms with Gasteiger partial charge in [-0.1, -0.05) is 0 Å². The summed E-state index contributed by atoms with van der Waals surface area (Å²) in [5.41, 5.74) is -1.31. The van der Waals surface area contributed by atoms with Crippen molar-refractivity contribution in [3.05, 3.63) is 90.2 Å². The molecule has 2 aromatic carbocycles. The number of rotatable bonds is 9. The molecule has 2 N–H and O–H groups in total. The fraction of sp³-hybridized carbons (Fsp3) is 0.263. The van der Waals surface area contributed by atoms with Gasteiger partial charge in [0.25, 0.3) is 11.7 Å². The summed E-state index contributed by atoms with van der Waals surface area (Å²) in [5, 5.41) is 18.2. The predicted octanol–water partition coefficient (Wildman–Crippen LogP) is 4.05. The van der Waals surface area contributed by atoms with E-state index in [0.717, 1.165) is 0 Å². The summed E-state index contributed by atoms with van der Waals surface area (Å²) in [4.78, 5) is 64.6. The van der Waals surface area contributed by atoms with Crippen molar-refractivity contribution in [1.82, 2.24) is 29.6 Å². The second-order valence-electron chi connectivity index (χ2n) is 13.4. The topological polar surface area (TPSA) is 216 Å². The van der Waals surface area contributed by atoms with E-state index in [4.69, 9.17) is 28.4 Å². The van der Waals surface area contributed by atoms with Crippen LogP contribution in [0.2, 0.25) is 0 Å². The molecule has 3 aliphatic rings. The minimum absolute atomic E-state index is 0.0736. The zero-order valence-corrected chi connectivity index (χ0v) is 30.6. The molecule has 2 bridgehead atoms. The van der Waals surface area contributed by atoms with E-state index in [-0.39, 0.29) is 41.9 Å².